The molecule has 1 atom stereocenters. The van der Waals surface area contributed by atoms with Crippen molar-refractivity contribution in [2.75, 3.05) is 13.1 Å². The van der Waals surface area contributed by atoms with Crippen molar-refractivity contribution in [1.82, 2.24) is 10.6 Å². The average molecular weight is 272 g/mol. The molecule has 4 nitrogen and oxygen atoms in total. The molecule has 0 aliphatic heterocycles. The molecule has 1 amide bonds. The minimum absolute atomic E-state index is 0.301. The van der Waals surface area contributed by atoms with Crippen molar-refractivity contribution < 1.29 is 9.53 Å². The van der Waals surface area contributed by atoms with Crippen LogP contribution >= 0.6 is 0 Å². The lowest BCUT2D eigenvalue weighted by atomic mass is 9.92. The Balaban J connectivity index is 3.91. The van der Waals surface area contributed by atoms with Gasteiger partial charge >= 0.3 is 6.09 Å². The van der Waals surface area contributed by atoms with E-state index in [4.69, 9.17) is 4.74 Å². The number of hydrogen-bond acceptors (Lipinski definition) is 3. The molecule has 2 N–H and O–H groups in total. The highest BCUT2D eigenvalue weighted by atomic mass is 16.6. The predicted molar refractivity (Wildman–Crippen MR) is 80.4 cm³/mol. The lowest BCUT2D eigenvalue weighted by Gasteiger charge is -2.24. The number of hydrogen-bond donors (Lipinski definition) is 2. The molecule has 0 saturated heterocycles. The Morgan fingerprint density at radius 3 is 2.16 bits per heavy atom. The number of nitrogens with one attached hydrogen (secondary N) is 2. The molecular weight excluding hydrogens is 240 g/mol. The van der Waals surface area contributed by atoms with Gasteiger partial charge in [0.05, 0.1) is 0 Å². The summed E-state index contributed by atoms with van der Waals surface area (Å²) in [4.78, 5) is 11.6. The maximum absolute atomic E-state index is 11.6. The summed E-state index contributed by atoms with van der Waals surface area (Å²) in [5.41, 5.74) is -0.102. The molecule has 0 spiro atoms. The number of carbonyl (C=O) groups excluding carboxylic acids is 1. The first-order valence-corrected chi connectivity index (χ1v) is 7.24. The molecule has 0 fully saturated rings. The summed E-state index contributed by atoms with van der Waals surface area (Å²) >= 11 is 0. The fourth-order valence-electron chi connectivity index (χ4n) is 1.53. The molecule has 0 aliphatic rings. The van der Waals surface area contributed by atoms with Crippen LogP contribution in [-0.2, 0) is 4.74 Å². The lowest BCUT2D eigenvalue weighted by Crippen LogP contribution is -2.43. The zero-order valence-electron chi connectivity index (χ0n) is 13.7. The van der Waals surface area contributed by atoms with Gasteiger partial charge in [-0.3, -0.25) is 0 Å². The van der Waals surface area contributed by atoms with Crippen molar-refractivity contribution in [3.63, 3.8) is 0 Å². The van der Waals surface area contributed by atoms with E-state index in [0.29, 0.717) is 18.0 Å². The fraction of sp³-hybridized carbons (Fsp3) is 0.933. The molecule has 0 radical (unpaired) electrons. The van der Waals surface area contributed by atoms with E-state index in [0.717, 1.165) is 19.4 Å². The van der Waals surface area contributed by atoms with Crippen LogP contribution in [0.25, 0.3) is 0 Å². The third kappa shape index (κ3) is 12.0. The minimum Gasteiger partial charge on any atom is -0.444 e. The Bertz CT molecular complexity index is 264. The van der Waals surface area contributed by atoms with E-state index in [-0.39, 0.29) is 6.09 Å². The van der Waals surface area contributed by atoms with E-state index in [1.54, 1.807) is 0 Å². The van der Waals surface area contributed by atoms with E-state index >= 15 is 0 Å². The normalized spacial score (nSPS) is 14.1. The molecule has 0 aromatic rings. The Hall–Kier alpha value is -0.770. The van der Waals surface area contributed by atoms with Gasteiger partial charge < -0.3 is 15.4 Å². The Labute approximate surface area is 118 Å². The number of alkyl carbamates (subject to hydrolysis) is 1. The average Bonchev–Trinajstić information content (AvgIpc) is 2.18. The predicted octanol–water partition coefficient (Wildman–Crippen LogP) is 3.32. The molecule has 0 aromatic carbocycles. The van der Waals surface area contributed by atoms with Gasteiger partial charge in [0.25, 0.3) is 0 Å². The van der Waals surface area contributed by atoms with E-state index < -0.39 is 5.60 Å². The van der Waals surface area contributed by atoms with E-state index in [1.165, 1.54) is 0 Å². The summed E-state index contributed by atoms with van der Waals surface area (Å²) in [6.07, 6.45) is 1.76. The van der Waals surface area contributed by atoms with Crippen LogP contribution in [0.3, 0.4) is 0 Å². The summed E-state index contributed by atoms with van der Waals surface area (Å²) in [5, 5.41) is 6.29. The Kier molecular flexibility index (Phi) is 7.42. The highest BCUT2D eigenvalue weighted by molar-refractivity contribution is 5.67. The summed E-state index contributed by atoms with van der Waals surface area (Å²) in [6, 6.07) is 0.301. The van der Waals surface area contributed by atoms with Crippen LogP contribution in [0.4, 0.5) is 4.79 Å². The molecule has 0 rings (SSSR count). The SMILES string of the molecule is CCC(CNC(=O)OC(C)(C)C)NCCC(C)(C)C. The van der Waals surface area contributed by atoms with Crippen molar-refractivity contribution in [3.8, 4) is 0 Å². The third-order valence-electron chi connectivity index (χ3n) is 2.69. The standard InChI is InChI=1S/C15H32N2O2/c1-8-12(16-10-9-14(2,3)4)11-17-13(18)19-15(5,6)7/h12,16H,8-11H2,1-7H3,(H,17,18). The van der Waals surface area contributed by atoms with Gasteiger partial charge in [-0.1, -0.05) is 27.7 Å². The van der Waals surface area contributed by atoms with E-state index in [2.05, 4.69) is 38.3 Å². The van der Waals surface area contributed by atoms with Gasteiger partial charge in [-0.15, -0.1) is 0 Å². The van der Waals surface area contributed by atoms with Crippen molar-refractivity contribution in [2.24, 2.45) is 5.41 Å². The van der Waals surface area contributed by atoms with Gasteiger partial charge in [0.1, 0.15) is 5.60 Å². The molecule has 19 heavy (non-hydrogen) atoms. The molecule has 0 saturated carbocycles. The molecule has 0 aliphatic carbocycles. The van der Waals surface area contributed by atoms with E-state index in [9.17, 15) is 4.79 Å². The molecule has 4 heteroatoms. The second-order valence-corrected chi connectivity index (χ2v) is 7.25. The second-order valence-electron chi connectivity index (χ2n) is 7.25. The first-order chi connectivity index (χ1) is 8.53. The molecule has 0 heterocycles. The van der Waals surface area contributed by atoms with Crippen LogP contribution in [0, 0.1) is 5.41 Å². The third-order valence-corrected chi connectivity index (χ3v) is 2.69. The van der Waals surface area contributed by atoms with Crippen LogP contribution in [-0.4, -0.2) is 30.8 Å². The zero-order chi connectivity index (χ0) is 15.1. The van der Waals surface area contributed by atoms with Crippen molar-refractivity contribution >= 4 is 6.09 Å². The van der Waals surface area contributed by atoms with Crippen LogP contribution in [0.5, 0.6) is 0 Å². The summed E-state index contributed by atoms with van der Waals surface area (Å²) < 4.78 is 5.21. The topological polar surface area (TPSA) is 50.4 Å². The highest BCUT2D eigenvalue weighted by Crippen LogP contribution is 2.17. The van der Waals surface area contributed by atoms with Gasteiger partial charge in [0.15, 0.2) is 0 Å². The molecule has 0 aromatic heterocycles. The van der Waals surface area contributed by atoms with Crippen molar-refractivity contribution in [1.29, 1.82) is 0 Å². The first-order valence-electron chi connectivity index (χ1n) is 7.24. The number of rotatable bonds is 6. The zero-order valence-corrected chi connectivity index (χ0v) is 13.7. The second kappa shape index (κ2) is 7.73. The quantitative estimate of drug-likeness (QED) is 0.780. The van der Waals surface area contributed by atoms with Crippen molar-refractivity contribution in [3.05, 3.63) is 0 Å². The Morgan fingerprint density at radius 1 is 1.16 bits per heavy atom. The number of ether oxygens (including phenoxy) is 1. The van der Waals surface area contributed by atoms with Gasteiger partial charge in [-0.25, -0.2) is 4.79 Å². The van der Waals surface area contributed by atoms with Crippen LogP contribution < -0.4 is 10.6 Å². The largest absolute Gasteiger partial charge is 0.444 e. The van der Waals surface area contributed by atoms with Crippen molar-refractivity contribution in [2.45, 2.75) is 73.0 Å². The van der Waals surface area contributed by atoms with Crippen LogP contribution in [0.15, 0.2) is 0 Å². The van der Waals surface area contributed by atoms with E-state index in [1.807, 2.05) is 20.8 Å². The van der Waals surface area contributed by atoms with Crippen LogP contribution in [0.2, 0.25) is 0 Å². The summed E-state index contributed by atoms with van der Waals surface area (Å²) in [7, 11) is 0. The smallest absolute Gasteiger partial charge is 0.407 e. The maximum Gasteiger partial charge on any atom is 0.407 e. The number of amides is 1. The van der Waals surface area contributed by atoms with Gasteiger partial charge in [-0.05, 0) is 45.6 Å². The molecule has 0 bridgehead atoms. The molecular formula is C15H32N2O2. The maximum atomic E-state index is 11.6. The molecule has 114 valence electrons. The first kappa shape index (κ1) is 18.2. The lowest BCUT2D eigenvalue weighted by molar-refractivity contribution is 0.0522. The number of carbonyl (C=O) groups is 1. The fourth-order valence-corrected chi connectivity index (χ4v) is 1.53. The van der Waals surface area contributed by atoms with Crippen LogP contribution in [0.1, 0.15) is 61.3 Å². The van der Waals surface area contributed by atoms with Gasteiger partial charge in [-0.2, -0.15) is 0 Å². The summed E-state index contributed by atoms with van der Waals surface area (Å²) in [6.45, 7) is 16.0. The Morgan fingerprint density at radius 2 is 1.74 bits per heavy atom. The van der Waals surface area contributed by atoms with Gasteiger partial charge in [0.2, 0.25) is 0 Å². The highest BCUT2D eigenvalue weighted by Gasteiger charge is 2.17. The summed E-state index contributed by atoms with van der Waals surface area (Å²) in [5.74, 6) is 0. The molecule has 1 unspecified atom stereocenters. The monoisotopic (exact) mass is 272 g/mol. The van der Waals surface area contributed by atoms with Gasteiger partial charge in [0, 0.05) is 12.6 Å². The minimum atomic E-state index is -0.439.